The molecule has 0 amide bonds. The van der Waals surface area contributed by atoms with Crippen molar-refractivity contribution in [2.75, 3.05) is 19.8 Å². The average Bonchev–Trinajstić information content (AvgIpc) is 3.07. The fourth-order valence-corrected chi connectivity index (χ4v) is 4.01. The van der Waals surface area contributed by atoms with Gasteiger partial charge in [-0.05, 0) is 60.4 Å². The lowest BCUT2D eigenvalue weighted by Crippen LogP contribution is -2.34. The van der Waals surface area contributed by atoms with E-state index in [-0.39, 0.29) is 11.9 Å². The molecule has 1 saturated heterocycles. The van der Waals surface area contributed by atoms with Gasteiger partial charge >= 0.3 is 0 Å². The third kappa shape index (κ3) is 3.75. The summed E-state index contributed by atoms with van der Waals surface area (Å²) >= 11 is 0. The topological polar surface area (TPSA) is 26.2 Å². The summed E-state index contributed by atoms with van der Waals surface area (Å²) in [6.07, 6.45) is 2.23. The SMILES string of the molecule is CCCc1ccc(-c2cc(C3COCCN3)c(C)n2-c2ccc(F)cc2)cc1. The van der Waals surface area contributed by atoms with E-state index in [1.54, 1.807) is 0 Å². The van der Waals surface area contributed by atoms with Crippen molar-refractivity contribution < 1.29 is 9.13 Å². The molecule has 1 atom stereocenters. The smallest absolute Gasteiger partial charge is 0.123 e. The summed E-state index contributed by atoms with van der Waals surface area (Å²) < 4.78 is 21.4. The molecule has 1 unspecified atom stereocenters. The van der Waals surface area contributed by atoms with Crippen LogP contribution in [0.4, 0.5) is 4.39 Å². The van der Waals surface area contributed by atoms with Crippen molar-refractivity contribution in [3.63, 3.8) is 0 Å². The molecular formula is C24H27FN2O. The van der Waals surface area contributed by atoms with Gasteiger partial charge in [-0.1, -0.05) is 37.6 Å². The van der Waals surface area contributed by atoms with Gasteiger partial charge < -0.3 is 14.6 Å². The normalized spacial score (nSPS) is 17.0. The lowest BCUT2D eigenvalue weighted by molar-refractivity contribution is 0.0767. The third-order valence-corrected chi connectivity index (χ3v) is 5.46. The second-order valence-corrected chi connectivity index (χ2v) is 7.41. The molecule has 3 aromatic rings. The van der Waals surface area contributed by atoms with E-state index in [0.717, 1.165) is 48.6 Å². The van der Waals surface area contributed by atoms with Crippen molar-refractivity contribution in [1.82, 2.24) is 9.88 Å². The largest absolute Gasteiger partial charge is 0.378 e. The molecule has 1 fully saturated rings. The van der Waals surface area contributed by atoms with E-state index in [1.165, 1.54) is 23.3 Å². The molecule has 0 saturated carbocycles. The third-order valence-electron chi connectivity index (χ3n) is 5.46. The summed E-state index contributed by atoms with van der Waals surface area (Å²) in [5.41, 5.74) is 6.99. The lowest BCUT2D eigenvalue weighted by atomic mass is 10.0. The number of nitrogens with zero attached hydrogens (tertiary/aromatic N) is 1. The number of morpholine rings is 1. The van der Waals surface area contributed by atoms with Gasteiger partial charge in [0.15, 0.2) is 0 Å². The van der Waals surface area contributed by atoms with E-state index >= 15 is 0 Å². The number of aryl methyl sites for hydroxylation is 1. The van der Waals surface area contributed by atoms with E-state index in [0.29, 0.717) is 6.61 Å². The molecule has 4 heteroatoms. The van der Waals surface area contributed by atoms with Crippen molar-refractivity contribution >= 4 is 0 Å². The number of ether oxygens (including phenoxy) is 1. The first-order valence-electron chi connectivity index (χ1n) is 10.1. The Hall–Kier alpha value is -2.43. The number of halogens is 1. The van der Waals surface area contributed by atoms with E-state index < -0.39 is 0 Å². The van der Waals surface area contributed by atoms with Crippen LogP contribution in [0.3, 0.4) is 0 Å². The Balaban J connectivity index is 1.81. The molecule has 3 nitrogen and oxygen atoms in total. The van der Waals surface area contributed by atoms with Gasteiger partial charge in [-0.3, -0.25) is 0 Å². The minimum Gasteiger partial charge on any atom is -0.378 e. The monoisotopic (exact) mass is 378 g/mol. The van der Waals surface area contributed by atoms with Gasteiger partial charge in [-0.15, -0.1) is 0 Å². The van der Waals surface area contributed by atoms with Gasteiger partial charge in [0.2, 0.25) is 0 Å². The van der Waals surface area contributed by atoms with E-state index in [9.17, 15) is 4.39 Å². The first kappa shape index (κ1) is 18.9. The molecule has 1 aromatic heterocycles. The van der Waals surface area contributed by atoms with Crippen LogP contribution < -0.4 is 5.32 Å². The minimum atomic E-state index is -0.221. The van der Waals surface area contributed by atoms with Crippen LogP contribution in [0.15, 0.2) is 54.6 Å². The van der Waals surface area contributed by atoms with E-state index in [2.05, 4.69) is 54.1 Å². The Morgan fingerprint density at radius 2 is 1.86 bits per heavy atom. The predicted molar refractivity (Wildman–Crippen MR) is 111 cm³/mol. The zero-order valence-corrected chi connectivity index (χ0v) is 16.5. The number of hydrogen-bond donors (Lipinski definition) is 1. The standard InChI is InChI=1S/C24H27FN2O/c1-3-4-18-5-7-19(8-6-18)24-15-22(23-16-28-14-13-26-23)17(2)27(24)21-11-9-20(25)10-12-21/h5-12,15,23,26H,3-4,13-14,16H2,1-2H3. The Kier molecular flexibility index (Phi) is 5.60. The number of nitrogens with one attached hydrogen (secondary N) is 1. The number of rotatable bonds is 5. The minimum absolute atomic E-state index is 0.175. The Bertz CT molecular complexity index is 922. The van der Waals surface area contributed by atoms with Crippen LogP contribution in [0.25, 0.3) is 16.9 Å². The fourth-order valence-electron chi connectivity index (χ4n) is 4.01. The van der Waals surface area contributed by atoms with Crippen LogP contribution in [0.5, 0.6) is 0 Å². The van der Waals surface area contributed by atoms with Gasteiger partial charge in [0.05, 0.1) is 24.9 Å². The fraction of sp³-hybridized carbons (Fsp3) is 0.333. The average molecular weight is 378 g/mol. The van der Waals surface area contributed by atoms with Crippen LogP contribution in [-0.2, 0) is 11.2 Å². The van der Waals surface area contributed by atoms with Crippen LogP contribution >= 0.6 is 0 Å². The maximum absolute atomic E-state index is 13.5. The molecule has 1 aliphatic heterocycles. The van der Waals surface area contributed by atoms with Gasteiger partial charge in [0.25, 0.3) is 0 Å². The molecule has 0 bridgehead atoms. The van der Waals surface area contributed by atoms with E-state index in [1.807, 2.05) is 12.1 Å². The van der Waals surface area contributed by atoms with Gasteiger partial charge in [-0.25, -0.2) is 4.39 Å². The molecule has 146 valence electrons. The highest BCUT2D eigenvalue weighted by atomic mass is 19.1. The van der Waals surface area contributed by atoms with Crippen molar-refractivity contribution in [2.24, 2.45) is 0 Å². The zero-order valence-electron chi connectivity index (χ0n) is 16.5. The van der Waals surface area contributed by atoms with Crippen LogP contribution in [-0.4, -0.2) is 24.3 Å². The maximum Gasteiger partial charge on any atom is 0.123 e. The molecular weight excluding hydrogens is 351 g/mol. The summed E-state index contributed by atoms with van der Waals surface area (Å²) in [7, 11) is 0. The Labute approximate surface area is 166 Å². The van der Waals surface area contributed by atoms with Crippen molar-refractivity contribution in [1.29, 1.82) is 0 Å². The summed E-state index contributed by atoms with van der Waals surface area (Å²) in [5, 5.41) is 3.56. The number of aromatic nitrogens is 1. The second kappa shape index (κ2) is 8.29. The van der Waals surface area contributed by atoms with E-state index in [4.69, 9.17) is 4.74 Å². The molecule has 0 radical (unpaired) electrons. The first-order valence-corrected chi connectivity index (χ1v) is 10.1. The molecule has 2 heterocycles. The van der Waals surface area contributed by atoms with Crippen molar-refractivity contribution in [2.45, 2.75) is 32.7 Å². The number of hydrogen-bond acceptors (Lipinski definition) is 2. The second-order valence-electron chi connectivity index (χ2n) is 7.41. The summed E-state index contributed by atoms with van der Waals surface area (Å²) in [5.74, 6) is -0.221. The predicted octanol–water partition coefficient (Wildman–Crippen LogP) is 5.21. The summed E-state index contributed by atoms with van der Waals surface area (Å²) in [6, 6.07) is 17.9. The highest BCUT2D eigenvalue weighted by Gasteiger charge is 2.23. The molecule has 0 aliphatic carbocycles. The zero-order chi connectivity index (χ0) is 19.5. The lowest BCUT2D eigenvalue weighted by Gasteiger charge is -2.24. The van der Waals surface area contributed by atoms with Crippen molar-refractivity contribution in [3.05, 3.63) is 77.2 Å². The maximum atomic E-state index is 13.5. The van der Waals surface area contributed by atoms with Crippen LogP contribution in [0.1, 0.15) is 36.2 Å². The molecule has 4 rings (SSSR count). The van der Waals surface area contributed by atoms with Gasteiger partial charge in [0.1, 0.15) is 5.82 Å². The molecule has 0 spiro atoms. The number of benzene rings is 2. The van der Waals surface area contributed by atoms with Gasteiger partial charge in [-0.2, -0.15) is 0 Å². The summed E-state index contributed by atoms with van der Waals surface area (Å²) in [6.45, 7) is 6.60. The highest BCUT2D eigenvalue weighted by molar-refractivity contribution is 5.66. The van der Waals surface area contributed by atoms with Crippen molar-refractivity contribution in [3.8, 4) is 16.9 Å². The Morgan fingerprint density at radius 1 is 1.11 bits per heavy atom. The first-order chi connectivity index (χ1) is 13.7. The Morgan fingerprint density at radius 3 is 2.50 bits per heavy atom. The molecule has 1 N–H and O–H groups in total. The summed E-state index contributed by atoms with van der Waals surface area (Å²) in [4.78, 5) is 0. The quantitative estimate of drug-likeness (QED) is 0.660. The van der Waals surface area contributed by atoms with Gasteiger partial charge in [0, 0.05) is 17.9 Å². The highest BCUT2D eigenvalue weighted by Crippen LogP contribution is 2.33. The molecule has 1 aliphatic rings. The van der Waals surface area contributed by atoms with Crippen LogP contribution in [0.2, 0.25) is 0 Å². The van der Waals surface area contributed by atoms with Crippen LogP contribution in [0, 0.1) is 12.7 Å². The molecule has 2 aromatic carbocycles. The molecule has 28 heavy (non-hydrogen) atoms.